The molecule has 0 saturated heterocycles. The SMILES string of the molecule is Cc1cccc(-c2noc([C@H]3[C@@H]4CC[C@@H](C4)[C@@H]3C(=O)NC3CCCC3)n2)c1. The highest BCUT2D eigenvalue weighted by Crippen LogP contribution is 2.56. The van der Waals surface area contributed by atoms with E-state index in [1.54, 1.807) is 0 Å². The number of carbonyl (C=O) groups excluding carboxylic acids is 1. The first-order valence-electron chi connectivity index (χ1n) is 10.4. The van der Waals surface area contributed by atoms with Crippen LogP contribution < -0.4 is 5.32 Å². The van der Waals surface area contributed by atoms with Crippen molar-refractivity contribution < 1.29 is 9.32 Å². The second-order valence-corrected chi connectivity index (χ2v) is 8.70. The first-order chi connectivity index (χ1) is 13.2. The Labute approximate surface area is 159 Å². The second kappa shape index (κ2) is 6.77. The number of nitrogens with zero attached hydrogens (tertiary/aromatic N) is 2. The van der Waals surface area contributed by atoms with E-state index >= 15 is 0 Å². The van der Waals surface area contributed by atoms with E-state index in [-0.39, 0.29) is 17.7 Å². The Morgan fingerprint density at radius 3 is 2.78 bits per heavy atom. The fourth-order valence-electron chi connectivity index (χ4n) is 5.66. The van der Waals surface area contributed by atoms with Crippen molar-refractivity contribution in [2.75, 3.05) is 0 Å². The quantitative estimate of drug-likeness (QED) is 0.880. The van der Waals surface area contributed by atoms with Crippen molar-refractivity contribution in [2.45, 2.75) is 63.8 Å². The third kappa shape index (κ3) is 3.07. The molecule has 0 unspecified atom stereocenters. The van der Waals surface area contributed by atoms with Crippen LogP contribution in [0.5, 0.6) is 0 Å². The summed E-state index contributed by atoms with van der Waals surface area (Å²) < 4.78 is 5.70. The van der Waals surface area contributed by atoms with E-state index < -0.39 is 0 Å². The van der Waals surface area contributed by atoms with E-state index in [0.29, 0.717) is 29.6 Å². The van der Waals surface area contributed by atoms with Gasteiger partial charge in [-0.25, -0.2) is 0 Å². The van der Waals surface area contributed by atoms with Crippen molar-refractivity contribution >= 4 is 5.91 Å². The minimum Gasteiger partial charge on any atom is -0.353 e. The molecule has 3 aliphatic carbocycles. The Bertz CT molecular complexity index is 840. The molecule has 3 aliphatic rings. The van der Waals surface area contributed by atoms with E-state index in [1.165, 1.54) is 24.8 Å². The van der Waals surface area contributed by atoms with Crippen molar-refractivity contribution in [3.8, 4) is 11.4 Å². The van der Waals surface area contributed by atoms with Gasteiger partial charge in [0.2, 0.25) is 17.6 Å². The molecule has 5 nitrogen and oxygen atoms in total. The lowest BCUT2D eigenvalue weighted by molar-refractivity contribution is -0.128. The van der Waals surface area contributed by atoms with Gasteiger partial charge in [0.25, 0.3) is 0 Å². The zero-order valence-electron chi connectivity index (χ0n) is 15.9. The lowest BCUT2D eigenvalue weighted by atomic mass is 9.78. The number of rotatable bonds is 4. The van der Waals surface area contributed by atoms with Crippen LogP contribution in [0.25, 0.3) is 11.4 Å². The van der Waals surface area contributed by atoms with Gasteiger partial charge >= 0.3 is 0 Å². The van der Waals surface area contributed by atoms with E-state index in [4.69, 9.17) is 9.51 Å². The molecule has 1 N–H and O–H groups in total. The highest BCUT2D eigenvalue weighted by atomic mass is 16.5. The molecule has 1 amide bonds. The molecule has 0 radical (unpaired) electrons. The van der Waals surface area contributed by atoms with Crippen LogP contribution >= 0.6 is 0 Å². The normalized spacial score (nSPS) is 30.1. The Balaban J connectivity index is 1.40. The molecule has 0 spiro atoms. The lowest BCUT2D eigenvalue weighted by Gasteiger charge is -2.28. The number of nitrogens with one attached hydrogen (secondary N) is 1. The minimum absolute atomic E-state index is 0.00448. The van der Waals surface area contributed by atoms with Crippen LogP contribution in [0.4, 0.5) is 0 Å². The maximum atomic E-state index is 13.1. The molecule has 2 bridgehead atoms. The first kappa shape index (κ1) is 17.0. The molecule has 0 aliphatic heterocycles. The molecule has 3 saturated carbocycles. The Kier molecular flexibility index (Phi) is 4.25. The topological polar surface area (TPSA) is 68.0 Å². The van der Waals surface area contributed by atoms with Crippen LogP contribution in [0.15, 0.2) is 28.8 Å². The molecule has 4 atom stereocenters. The maximum absolute atomic E-state index is 13.1. The number of fused-ring (bicyclic) bond motifs is 2. The van der Waals surface area contributed by atoms with Gasteiger partial charge < -0.3 is 9.84 Å². The fourth-order valence-corrected chi connectivity index (χ4v) is 5.66. The lowest BCUT2D eigenvalue weighted by Crippen LogP contribution is -2.41. The van der Waals surface area contributed by atoms with Crippen LogP contribution in [-0.4, -0.2) is 22.1 Å². The van der Waals surface area contributed by atoms with Crippen LogP contribution in [0.3, 0.4) is 0 Å². The second-order valence-electron chi connectivity index (χ2n) is 8.70. The van der Waals surface area contributed by atoms with Crippen molar-refractivity contribution in [1.82, 2.24) is 15.5 Å². The van der Waals surface area contributed by atoms with Crippen molar-refractivity contribution in [1.29, 1.82) is 0 Å². The van der Waals surface area contributed by atoms with Gasteiger partial charge in [0.1, 0.15) is 0 Å². The number of aryl methyl sites for hydroxylation is 1. The predicted molar refractivity (Wildman–Crippen MR) is 102 cm³/mol. The smallest absolute Gasteiger partial charge is 0.231 e. The first-order valence-corrected chi connectivity index (χ1v) is 10.4. The summed E-state index contributed by atoms with van der Waals surface area (Å²) in [6, 6.07) is 8.51. The average Bonchev–Trinajstić information content (AvgIpc) is 3.44. The molecule has 142 valence electrons. The van der Waals surface area contributed by atoms with Gasteiger partial charge in [-0.1, -0.05) is 41.8 Å². The molecule has 27 heavy (non-hydrogen) atoms. The highest BCUT2D eigenvalue weighted by molar-refractivity contribution is 5.81. The summed E-state index contributed by atoms with van der Waals surface area (Å²) in [5.41, 5.74) is 2.15. The highest BCUT2D eigenvalue weighted by Gasteiger charge is 2.53. The molecular weight excluding hydrogens is 338 g/mol. The van der Waals surface area contributed by atoms with Gasteiger partial charge in [-0.05, 0) is 56.9 Å². The number of hydrogen-bond acceptors (Lipinski definition) is 4. The van der Waals surface area contributed by atoms with Gasteiger partial charge in [-0.15, -0.1) is 0 Å². The predicted octanol–water partition coefficient (Wildman–Crippen LogP) is 4.23. The van der Waals surface area contributed by atoms with E-state index in [1.807, 2.05) is 12.1 Å². The van der Waals surface area contributed by atoms with Gasteiger partial charge in [-0.2, -0.15) is 4.98 Å². The minimum atomic E-state index is -0.00448. The van der Waals surface area contributed by atoms with Crippen molar-refractivity contribution in [2.24, 2.45) is 17.8 Å². The van der Waals surface area contributed by atoms with Gasteiger partial charge in [0.15, 0.2) is 0 Å². The van der Waals surface area contributed by atoms with Gasteiger partial charge in [0.05, 0.1) is 11.8 Å². The summed E-state index contributed by atoms with van der Waals surface area (Å²) in [5.74, 6) is 2.55. The Morgan fingerprint density at radius 1 is 1.15 bits per heavy atom. The Hall–Kier alpha value is -2.17. The summed E-state index contributed by atoms with van der Waals surface area (Å²) in [5, 5.41) is 7.56. The summed E-state index contributed by atoms with van der Waals surface area (Å²) in [7, 11) is 0. The standard InChI is InChI=1S/C22H27N3O2/c1-13-5-4-6-16(11-13)20-24-22(27-25-20)19-15-10-9-14(12-15)18(19)21(26)23-17-7-2-3-8-17/h4-6,11,14-15,17-19H,2-3,7-10,12H2,1H3,(H,23,26)/t14-,15+,18-,19-/m0/s1. The zero-order valence-corrected chi connectivity index (χ0v) is 15.9. The average molecular weight is 365 g/mol. The molecule has 5 heteroatoms. The summed E-state index contributed by atoms with van der Waals surface area (Å²) in [4.78, 5) is 17.8. The van der Waals surface area contributed by atoms with Gasteiger partial charge in [-0.3, -0.25) is 4.79 Å². The maximum Gasteiger partial charge on any atom is 0.231 e. The van der Waals surface area contributed by atoms with Crippen LogP contribution in [0.1, 0.15) is 62.3 Å². The molecule has 1 heterocycles. The monoisotopic (exact) mass is 365 g/mol. The molecule has 1 aromatic carbocycles. The Morgan fingerprint density at radius 2 is 1.96 bits per heavy atom. The summed E-state index contributed by atoms with van der Waals surface area (Å²) in [6.45, 7) is 2.06. The van der Waals surface area contributed by atoms with Crippen LogP contribution in [0, 0.1) is 24.7 Å². The molecule has 5 rings (SSSR count). The molecule has 2 aromatic rings. The van der Waals surface area contributed by atoms with E-state index in [0.717, 1.165) is 31.2 Å². The fraction of sp³-hybridized carbons (Fsp3) is 0.591. The number of carbonyl (C=O) groups is 1. The molecular formula is C22H27N3O2. The summed E-state index contributed by atoms with van der Waals surface area (Å²) in [6.07, 6.45) is 8.15. The van der Waals surface area contributed by atoms with Crippen LogP contribution in [0.2, 0.25) is 0 Å². The van der Waals surface area contributed by atoms with Crippen molar-refractivity contribution in [3.05, 3.63) is 35.7 Å². The number of amides is 1. The third-order valence-electron chi connectivity index (χ3n) is 6.92. The van der Waals surface area contributed by atoms with Crippen LogP contribution in [-0.2, 0) is 4.79 Å². The van der Waals surface area contributed by atoms with Gasteiger partial charge in [0, 0.05) is 11.6 Å². The van der Waals surface area contributed by atoms with E-state index in [9.17, 15) is 4.79 Å². The molecule has 1 aromatic heterocycles. The molecule has 3 fully saturated rings. The van der Waals surface area contributed by atoms with Crippen molar-refractivity contribution in [3.63, 3.8) is 0 Å². The van der Waals surface area contributed by atoms with E-state index in [2.05, 4.69) is 29.5 Å². The number of benzene rings is 1. The number of hydrogen-bond donors (Lipinski definition) is 1. The third-order valence-corrected chi connectivity index (χ3v) is 6.92. The number of aromatic nitrogens is 2. The largest absolute Gasteiger partial charge is 0.353 e. The zero-order chi connectivity index (χ0) is 18.4. The summed E-state index contributed by atoms with van der Waals surface area (Å²) >= 11 is 0.